The third-order valence-corrected chi connectivity index (χ3v) is 7.71. The molecule has 0 atom stereocenters. The van der Waals surface area contributed by atoms with E-state index < -0.39 is 15.7 Å². The maximum atomic E-state index is 12.3. The number of anilines is 1. The Morgan fingerprint density at radius 3 is 2.67 bits per heavy atom. The van der Waals surface area contributed by atoms with E-state index in [2.05, 4.69) is 15.5 Å². The molecule has 0 unspecified atom stereocenters. The number of hydrogen-bond donors (Lipinski definition) is 1. The molecule has 11 heteroatoms. The normalized spacial score (nSPS) is 11.8. The molecule has 1 aromatic carbocycles. The van der Waals surface area contributed by atoms with E-state index in [4.69, 9.17) is 4.42 Å². The Kier molecular flexibility index (Phi) is 6.71. The number of carbonyl (C=O) groups excluding carboxylic acids is 1. The average molecular weight is 461 g/mol. The number of carbonyl (C=O) groups is 1. The summed E-state index contributed by atoms with van der Waals surface area (Å²) in [6.07, 6.45) is 1.30. The van der Waals surface area contributed by atoms with Crippen molar-refractivity contribution in [2.24, 2.45) is 0 Å². The summed E-state index contributed by atoms with van der Waals surface area (Å²) in [4.78, 5) is 13.3. The number of nitrogens with zero attached hydrogens (tertiary/aromatic N) is 3. The Hall–Kier alpha value is -2.94. The van der Waals surface area contributed by atoms with E-state index in [0.29, 0.717) is 10.9 Å². The first-order valence-corrected chi connectivity index (χ1v) is 11.9. The summed E-state index contributed by atoms with van der Waals surface area (Å²) in [5, 5.41) is 19.5. The van der Waals surface area contributed by atoms with Gasteiger partial charge in [-0.15, -0.1) is 10.2 Å². The molecule has 8 nitrogen and oxygen atoms in total. The summed E-state index contributed by atoms with van der Waals surface area (Å²) in [5.74, 6) is -0.526. The summed E-state index contributed by atoms with van der Waals surface area (Å²) in [6, 6.07) is 13.1. The van der Waals surface area contributed by atoms with Crippen LogP contribution in [-0.2, 0) is 14.6 Å². The first-order chi connectivity index (χ1) is 14.3. The number of sulfone groups is 1. The number of nitrogens with one attached hydrogen (secondary N) is 1. The van der Waals surface area contributed by atoms with E-state index in [0.717, 1.165) is 21.8 Å². The monoisotopic (exact) mass is 460 g/mol. The van der Waals surface area contributed by atoms with Crippen LogP contribution in [0.1, 0.15) is 18.2 Å². The highest BCUT2D eigenvalue weighted by Gasteiger charge is 2.20. The van der Waals surface area contributed by atoms with Crippen LogP contribution in [0.3, 0.4) is 0 Å². The molecule has 0 radical (unpaired) electrons. The van der Waals surface area contributed by atoms with Gasteiger partial charge in [-0.3, -0.25) is 10.1 Å². The fraction of sp³-hybridized carbons (Fsp3) is 0.158. The number of aromatic nitrogens is 2. The van der Waals surface area contributed by atoms with Crippen molar-refractivity contribution < 1.29 is 17.6 Å². The van der Waals surface area contributed by atoms with Crippen LogP contribution in [0.25, 0.3) is 6.08 Å². The van der Waals surface area contributed by atoms with Gasteiger partial charge in [0, 0.05) is 11.0 Å². The van der Waals surface area contributed by atoms with E-state index in [1.54, 1.807) is 18.2 Å². The van der Waals surface area contributed by atoms with Crippen molar-refractivity contribution in [3.63, 3.8) is 0 Å². The van der Waals surface area contributed by atoms with Crippen molar-refractivity contribution in [1.82, 2.24) is 10.2 Å². The largest absolute Gasteiger partial charge is 0.450 e. The van der Waals surface area contributed by atoms with Crippen LogP contribution >= 0.6 is 23.1 Å². The molecular weight excluding hydrogens is 444 g/mol. The minimum Gasteiger partial charge on any atom is -0.450 e. The molecule has 0 aliphatic rings. The molecule has 3 aromatic rings. The average Bonchev–Trinajstić information content (AvgIpc) is 3.37. The fourth-order valence-electron chi connectivity index (χ4n) is 2.15. The van der Waals surface area contributed by atoms with Gasteiger partial charge in [0.25, 0.3) is 5.91 Å². The molecule has 154 valence electrons. The molecular formula is C19H16N4O4S3. The smallest absolute Gasteiger partial charge is 0.268 e. The Labute approximate surface area is 181 Å². The lowest BCUT2D eigenvalue weighted by Crippen LogP contribution is -2.13. The van der Waals surface area contributed by atoms with Crippen molar-refractivity contribution >= 4 is 50.1 Å². The summed E-state index contributed by atoms with van der Waals surface area (Å²) in [5.41, 5.74) is 0.938. The first kappa shape index (κ1) is 21.8. The molecule has 2 heterocycles. The third-order valence-electron chi connectivity index (χ3n) is 3.77. The number of amides is 1. The summed E-state index contributed by atoms with van der Waals surface area (Å²) in [6.45, 7) is 3.49. The van der Waals surface area contributed by atoms with Gasteiger partial charge in [-0.25, -0.2) is 8.42 Å². The van der Waals surface area contributed by atoms with Gasteiger partial charge in [0.15, 0.2) is 5.09 Å². The van der Waals surface area contributed by atoms with Gasteiger partial charge in [0.05, 0.1) is 5.75 Å². The van der Waals surface area contributed by atoms with Crippen LogP contribution in [-0.4, -0.2) is 30.3 Å². The zero-order valence-electron chi connectivity index (χ0n) is 15.9. The summed E-state index contributed by atoms with van der Waals surface area (Å²) in [7, 11) is -3.52. The highest BCUT2D eigenvalue weighted by Crippen LogP contribution is 2.30. The Morgan fingerprint density at radius 1 is 1.27 bits per heavy atom. The van der Waals surface area contributed by atoms with Gasteiger partial charge < -0.3 is 4.42 Å². The van der Waals surface area contributed by atoms with E-state index in [9.17, 15) is 18.5 Å². The maximum absolute atomic E-state index is 12.3. The Bertz CT molecular complexity index is 1240. The summed E-state index contributed by atoms with van der Waals surface area (Å²) >= 11 is 2.14. The predicted molar refractivity (Wildman–Crippen MR) is 114 cm³/mol. The Balaban J connectivity index is 1.71. The molecule has 0 aliphatic heterocycles. The highest BCUT2D eigenvalue weighted by atomic mass is 32.2. The van der Waals surface area contributed by atoms with E-state index >= 15 is 0 Å². The van der Waals surface area contributed by atoms with Crippen LogP contribution in [0, 0.1) is 18.3 Å². The quantitative estimate of drug-likeness (QED) is 0.319. The number of benzene rings is 1. The lowest BCUT2D eigenvalue weighted by molar-refractivity contribution is -0.112. The zero-order chi connectivity index (χ0) is 21.7. The number of aryl methyl sites for hydroxylation is 1. The van der Waals surface area contributed by atoms with Crippen molar-refractivity contribution in [3.8, 4) is 6.07 Å². The minimum absolute atomic E-state index is 0.0109. The molecule has 1 amide bonds. The van der Waals surface area contributed by atoms with E-state index in [-0.39, 0.29) is 20.8 Å². The van der Waals surface area contributed by atoms with Gasteiger partial charge in [-0.05, 0) is 31.2 Å². The lowest BCUT2D eigenvalue weighted by Gasteiger charge is -1.99. The lowest BCUT2D eigenvalue weighted by atomic mass is 10.2. The van der Waals surface area contributed by atoms with Crippen molar-refractivity contribution in [3.05, 3.63) is 53.3 Å². The predicted octanol–water partition coefficient (Wildman–Crippen LogP) is 3.93. The SMILES string of the molecule is CCS(=O)(=O)c1nnc(NC(=O)/C(C#N)=C\c2ccc(Sc3ccc(C)cc3)o2)s1. The number of nitriles is 1. The van der Waals surface area contributed by atoms with Crippen LogP contribution in [0.5, 0.6) is 0 Å². The molecule has 1 N–H and O–H groups in total. The van der Waals surface area contributed by atoms with Gasteiger partial charge in [0.2, 0.25) is 19.3 Å². The molecule has 0 spiro atoms. The second kappa shape index (κ2) is 9.25. The van der Waals surface area contributed by atoms with Crippen LogP contribution in [0.2, 0.25) is 0 Å². The van der Waals surface area contributed by atoms with Gasteiger partial charge >= 0.3 is 0 Å². The third kappa shape index (κ3) is 5.35. The van der Waals surface area contributed by atoms with Crippen LogP contribution < -0.4 is 5.32 Å². The van der Waals surface area contributed by atoms with Crippen molar-refractivity contribution in [2.45, 2.75) is 28.2 Å². The van der Waals surface area contributed by atoms with Gasteiger partial charge in [0.1, 0.15) is 17.4 Å². The topological polar surface area (TPSA) is 126 Å². The zero-order valence-corrected chi connectivity index (χ0v) is 18.4. The molecule has 0 saturated heterocycles. The molecule has 2 aromatic heterocycles. The minimum atomic E-state index is -3.52. The highest BCUT2D eigenvalue weighted by molar-refractivity contribution is 7.99. The Morgan fingerprint density at radius 2 is 2.00 bits per heavy atom. The second-order valence-corrected chi connectivity index (χ2v) is 10.5. The van der Waals surface area contributed by atoms with E-state index in [1.807, 2.05) is 31.2 Å². The standard InChI is InChI=1S/C19H16N4O4S3/c1-3-30(25,26)19-23-22-18(29-19)21-17(24)13(11-20)10-14-6-9-16(27-14)28-15-7-4-12(2)5-8-15/h4-10H,3H2,1-2H3,(H,21,22,24)/b13-10-. The maximum Gasteiger partial charge on any atom is 0.268 e. The van der Waals surface area contributed by atoms with Gasteiger partial charge in [-0.1, -0.05) is 47.7 Å². The number of furan rings is 1. The van der Waals surface area contributed by atoms with Gasteiger partial charge in [-0.2, -0.15) is 5.26 Å². The van der Waals surface area contributed by atoms with Crippen LogP contribution in [0.4, 0.5) is 5.13 Å². The first-order valence-electron chi connectivity index (χ1n) is 8.64. The molecule has 0 saturated carbocycles. The molecule has 0 aliphatic carbocycles. The van der Waals surface area contributed by atoms with E-state index in [1.165, 1.54) is 24.8 Å². The molecule has 0 bridgehead atoms. The van der Waals surface area contributed by atoms with Crippen molar-refractivity contribution in [1.29, 1.82) is 5.26 Å². The number of rotatable bonds is 7. The van der Waals surface area contributed by atoms with Crippen molar-refractivity contribution in [2.75, 3.05) is 11.1 Å². The number of hydrogen-bond acceptors (Lipinski definition) is 9. The molecule has 3 rings (SSSR count). The fourth-order valence-corrected chi connectivity index (χ4v) is 4.92. The molecule has 0 fully saturated rings. The second-order valence-electron chi connectivity index (χ2n) is 5.97. The molecule has 30 heavy (non-hydrogen) atoms. The van der Waals surface area contributed by atoms with Crippen LogP contribution in [0.15, 0.2) is 60.7 Å². The summed E-state index contributed by atoms with van der Waals surface area (Å²) < 4.78 is 29.1.